The summed E-state index contributed by atoms with van der Waals surface area (Å²) in [6, 6.07) is 9.94. The van der Waals surface area contributed by atoms with E-state index >= 15 is 0 Å². The number of nitrogens with zero attached hydrogens (tertiary/aromatic N) is 2. The minimum absolute atomic E-state index is 0.245. The Kier molecular flexibility index (Phi) is 6.12. The monoisotopic (exact) mass is 461 g/mol. The number of methoxy groups -OCH3 is 2. The van der Waals surface area contributed by atoms with Crippen LogP contribution in [0, 0.1) is 0 Å². The van der Waals surface area contributed by atoms with Crippen molar-refractivity contribution in [1.29, 1.82) is 0 Å². The smallest absolute Gasteiger partial charge is 0.265 e. The number of ether oxygens (including phenoxy) is 2. The van der Waals surface area contributed by atoms with Crippen LogP contribution in [0.3, 0.4) is 0 Å². The fraction of sp³-hybridized carbons (Fsp3) is 0.333. The standard InChI is InChI=1S/C21H23N3O5S2/c1-28-16-7-6-8-17(29-2)19(16)20(25)23-21-22-15-10-9-14(13-18(15)30-21)31(26,27)24-11-4-3-5-12-24/h6-10,13H,3-5,11-12H2,1-2H3,(H,22,23,25). The summed E-state index contributed by atoms with van der Waals surface area (Å²) in [5.41, 5.74) is 0.880. The van der Waals surface area contributed by atoms with Gasteiger partial charge in [-0.05, 0) is 43.2 Å². The van der Waals surface area contributed by atoms with Gasteiger partial charge in [0.1, 0.15) is 17.1 Å². The van der Waals surface area contributed by atoms with Crippen LogP contribution in [-0.2, 0) is 10.0 Å². The number of sulfonamides is 1. The van der Waals surface area contributed by atoms with Crippen molar-refractivity contribution in [3.8, 4) is 11.5 Å². The number of aromatic nitrogens is 1. The van der Waals surface area contributed by atoms with Crippen LogP contribution in [0.25, 0.3) is 10.2 Å². The number of rotatable bonds is 6. The molecule has 0 bridgehead atoms. The Bertz CT molecular complexity index is 1190. The van der Waals surface area contributed by atoms with E-state index < -0.39 is 15.9 Å². The summed E-state index contributed by atoms with van der Waals surface area (Å²) in [6.45, 7) is 1.09. The highest BCUT2D eigenvalue weighted by Crippen LogP contribution is 2.32. The summed E-state index contributed by atoms with van der Waals surface area (Å²) in [4.78, 5) is 17.5. The molecule has 0 saturated carbocycles. The molecular formula is C21H23N3O5S2. The first-order chi connectivity index (χ1) is 14.9. The van der Waals surface area contributed by atoms with Gasteiger partial charge in [-0.3, -0.25) is 10.1 Å². The second kappa shape index (κ2) is 8.81. The van der Waals surface area contributed by atoms with Crippen LogP contribution in [0.1, 0.15) is 29.6 Å². The van der Waals surface area contributed by atoms with E-state index in [4.69, 9.17) is 9.47 Å². The Balaban J connectivity index is 1.62. The third-order valence-electron chi connectivity index (χ3n) is 5.19. The zero-order chi connectivity index (χ0) is 22.0. The first-order valence-electron chi connectivity index (χ1n) is 9.87. The zero-order valence-corrected chi connectivity index (χ0v) is 18.9. The van der Waals surface area contributed by atoms with E-state index in [2.05, 4.69) is 10.3 Å². The lowest BCUT2D eigenvalue weighted by molar-refractivity contribution is 0.102. The maximum absolute atomic E-state index is 13.0. The molecule has 164 valence electrons. The fourth-order valence-corrected chi connectivity index (χ4v) is 6.13. The number of piperidine rings is 1. The van der Waals surface area contributed by atoms with Crippen molar-refractivity contribution in [2.24, 2.45) is 0 Å². The van der Waals surface area contributed by atoms with Crippen molar-refractivity contribution in [2.45, 2.75) is 24.2 Å². The van der Waals surface area contributed by atoms with Gasteiger partial charge < -0.3 is 9.47 Å². The first kappa shape index (κ1) is 21.5. The number of thiazole rings is 1. The molecule has 10 heteroatoms. The lowest BCUT2D eigenvalue weighted by Crippen LogP contribution is -2.35. The number of anilines is 1. The minimum atomic E-state index is -3.54. The summed E-state index contributed by atoms with van der Waals surface area (Å²) in [5, 5.41) is 3.13. The van der Waals surface area contributed by atoms with Gasteiger partial charge in [0.2, 0.25) is 10.0 Å². The molecule has 1 amide bonds. The number of benzene rings is 2. The Morgan fingerprint density at radius 1 is 1.06 bits per heavy atom. The van der Waals surface area contributed by atoms with E-state index in [1.165, 1.54) is 29.9 Å². The highest BCUT2D eigenvalue weighted by Gasteiger charge is 2.26. The third kappa shape index (κ3) is 4.23. The summed E-state index contributed by atoms with van der Waals surface area (Å²) in [6.07, 6.45) is 2.81. The Morgan fingerprint density at radius 3 is 2.39 bits per heavy atom. The summed E-state index contributed by atoms with van der Waals surface area (Å²) >= 11 is 1.22. The molecule has 1 aromatic heterocycles. The molecule has 1 N–H and O–H groups in total. The van der Waals surface area contributed by atoms with Crippen molar-refractivity contribution < 1.29 is 22.7 Å². The van der Waals surface area contributed by atoms with E-state index in [1.54, 1.807) is 36.4 Å². The van der Waals surface area contributed by atoms with Gasteiger partial charge in [-0.1, -0.05) is 23.8 Å². The van der Waals surface area contributed by atoms with E-state index in [-0.39, 0.29) is 10.5 Å². The van der Waals surface area contributed by atoms with Crippen molar-refractivity contribution in [2.75, 3.05) is 32.6 Å². The van der Waals surface area contributed by atoms with Crippen molar-refractivity contribution in [3.05, 3.63) is 42.0 Å². The highest BCUT2D eigenvalue weighted by molar-refractivity contribution is 7.89. The van der Waals surface area contributed by atoms with Gasteiger partial charge in [-0.15, -0.1) is 0 Å². The average molecular weight is 462 g/mol. The number of fused-ring (bicyclic) bond motifs is 1. The van der Waals surface area contributed by atoms with Gasteiger partial charge in [-0.2, -0.15) is 4.31 Å². The van der Waals surface area contributed by atoms with Crippen molar-refractivity contribution in [3.63, 3.8) is 0 Å². The zero-order valence-electron chi connectivity index (χ0n) is 17.3. The Labute approximate surface area is 184 Å². The average Bonchev–Trinajstić information content (AvgIpc) is 3.20. The number of nitrogens with one attached hydrogen (secondary N) is 1. The Morgan fingerprint density at radius 2 is 1.74 bits per heavy atom. The molecule has 1 saturated heterocycles. The largest absolute Gasteiger partial charge is 0.496 e. The van der Waals surface area contributed by atoms with Gasteiger partial charge in [-0.25, -0.2) is 13.4 Å². The van der Waals surface area contributed by atoms with E-state index in [0.717, 1.165) is 19.3 Å². The van der Waals surface area contributed by atoms with E-state index in [1.807, 2.05) is 0 Å². The normalized spacial score (nSPS) is 15.0. The van der Waals surface area contributed by atoms with E-state index in [9.17, 15) is 13.2 Å². The molecule has 1 aliphatic heterocycles. The molecule has 8 nitrogen and oxygen atoms in total. The summed E-state index contributed by atoms with van der Waals surface area (Å²) < 4.78 is 38.7. The minimum Gasteiger partial charge on any atom is -0.496 e. The van der Waals surface area contributed by atoms with E-state index in [0.29, 0.717) is 39.9 Å². The molecule has 0 atom stereocenters. The maximum atomic E-state index is 13.0. The molecule has 2 aromatic carbocycles. The van der Waals surface area contributed by atoms with Gasteiger partial charge in [0.25, 0.3) is 5.91 Å². The van der Waals surface area contributed by atoms with Crippen LogP contribution in [0.5, 0.6) is 11.5 Å². The molecule has 1 fully saturated rings. The van der Waals surface area contributed by atoms with Crippen LogP contribution < -0.4 is 14.8 Å². The first-order valence-corrected chi connectivity index (χ1v) is 12.1. The number of carbonyl (C=O) groups is 1. The quantitative estimate of drug-likeness (QED) is 0.601. The highest BCUT2D eigenvalue weighted by atomic mass is 32.2. The van der Waals surface area contributed by atoms with Gasteiger partial charge in [0.05, 0.1) is 29.3 Å². The topological polar surface area (TPSA) is 97.8 Å². The molecule has 0 unspecified atom stereocenters. The van der Waals surface area contributed by atoms with Crippen LogP contribution in [0.4, 0.5) is 5.13 Å². The lowest BCUT2D eigenvalue weighted by Gasteiger charge is -2.25. The lowest BCUT2D eigenvalue weighted by atomic mass is 10.1. The Hall–Kier alpha value is -2.69. The second-order valence-electron chi connectivity index (χ2n) is 7.10. The van der Waals surface area contributed by atoms with Gasteiger partial charge in [0.15, 0.2) is 5.13 Å². The molecule has 2 heterocycles. The number of hydrogen-bond acceptors (Lipinski definition) is 7. The maximum Gasteiger partial charge on any atom is 0.265 e. The van der Waals surface area contributed by atoms with Crippen LogP contribution in [-0.4, -0.2) is 50.9 Å². The fourth-order valence-electron chi connectivity index (χ4n) is 3.61. The summed E-state index contributed by atoms with van der Waals surface area (Å²) in [7, 11) is -0.577. The van der Waals surface area contributed by atoms with Crippen LogP contribution >= 0.6 is 11.3 Å². The van der Waals surface area contributed by atoms with Crippen molar-refractivity contribution in [1.82, 2.24) is 9.29 Å². The molecule has 4 rings (SSSR count). The second-order valence-corrected chi connectivity index (χ2v) is 10.1. The molecule has 0 aliphatic carbocycles. The SMILES string of the molecule is COc1cccc(OC)c1C(=O)Nc1nc2ccc(S(=O)(=O)N3CCCCC3)cc2s1. The predicted molar refractivity (Wildman–Crippen MR) is 120 cm³/mol. The van der Waals surface area contributed by atoms with Crippen LogP contribution in [0.15, 0.2) is 41.3 Å². The van der Waals surface area contributed by atoms with Crippen LogP contribution in [0.2, 0.25) is 0 Å². The summed E-state index contributed by atoms with van der Waals surface area (Å²) in [5.74, 6) is 0.343. The number of hydrogen-bond donors (Lipinski definition) is 1. The van der Waals surface area contributed by atoms with Crippen molar-refractivity contribution >= 4 is 42.6 Å². The van der Waals surface area contributed by atoms with Gasteiger partial charge >= 0.3 is 0 Å². The third-order valence-corrected chi connectivity index (χ3v) is 8.02. The van der Waals surface area contributed by atoms with Gasteiger partial charge in [0, 0.05) is 13.1 Å². The molecule has 0 spiro atoms. The molecular weight excluding hydrogens is 438 g/mol. The molecule has 3 aromatic rings. The predicted octanol–water partition coefficient (Wildman–Crippen LogP) is 3.74. The molecule has 0 radical (unpaired) electrons. The number of amides is 1. The molecule has 1 aliphatic rings. The molecule has 31 heavy (non-hydrogen) atoms. The number of carbonyl (C=O) groups excluding carboxylic acids is 1.